The molecule has 2 fully saturated rings. The van der Waals surface area contributed by atoms with Crippen LogP contribution in [0, 0.1) is 5.82 Å². The molecule has 0 radical (unpaired) electrons. The van der Waals surface area contributed by atoms with Crippen molar-refractivity contribution in [2.75, 3.05) is 38.2 Å². The summed E-state index contributed by atoms with van der Waals surface area (Å²) in [4.78, 5) is 4.65. The summed E-state index contributed by atoms with van der Waals surface area (Å²) in [6, 6.07) is 15.1. The topological polar surface area (TPSA) is 59.3 Å². The maximum Gasteiger partial charge on any atom is 0.173 e. The molecule has 33 heavy (non-hydrogen) atoms. The molecule has 2 heterocycles. The smallest absolute Gasteiger partial charge is 0.173 e. The van der Waals surface area contributed by atoms with E-state index in [1.807, 2.05) is 35.0 Å². The number of halogens is 1. The van der Waals surface area contributed by atoms with Gasteiger partial charge >= 0.3 is 0 Å². The number of piperazine rings is 1. The van der Waals surface area contributed by atoms with Gasteiger partial charge in [-0.05, 0) is 41.5 Å². The fourth-order valence-electron chi connectivity index (χ4n) is 5.27. The second kappa shape index (κ2) is 9.87. The molecule has 3 aromatic rings. The monoisotopic (exact) mass is 450 g/mol. The highest BCUT2D eigenvalue weighted by Gasteiger charge is 2.34. The van der Waals surface area contributed by atoms with Crippen molar-refractivity contribution in [1.82, 2.24) is 25.1 Å². The lowest BCUT2D eigenvalue weighted by Gasteiger charge is -2.40. The highest BCUT2D eigenvalue weighted by molar-refractivity contribution is 5.58. The Bertz CT molecular complexity index is 1060. The molecule has 1 aliphatic heterocycles. The molecule has 5 rings (SSSR count). The molecule has 0 unspecified atom stereocenters. The van der Waals surface area contributed by atoms with Gasteiger partial charge in [0.15, 0.2) is 5.82 Å². The van der Waals surface area contributed by atoms with E-state index in [2.05, 4.69) is 31.4 Å². The molecular weight excluding hydrogens is 419 g/mol. The zero-order valence-electron chi connectivity index (χ0n) is 19.1. The van der Waals surface area contributed by atoms with Crippen molar-refractivity contribution in [2.24, 2.45) is 0 Å². The van der Waals surface area contributed by atoms with Gasteiger partial charge in [0.2, 0.25) is 0 Å². The van der Waals surface area contributed by atoms with Gasteiger partial charge in [-0.1, -0.05) is 49.6 Å². The third-order valence-corrected chi connectivity index (χ3v) is 6.99. The fourth-order valence-corrected chi connectivity index (χ4v) is 5.27. The molecule has 1 aromatic heterocycles. The Kier molecular flexibility index (Phi) is 6.53. The molecule has 0 N–H and O–H groups in total. The summed E-state index contributed by atoms with van der Waals surface area (Å²) in [6.45, 7) is 3.18. The summed E-state index contributed by atoms with van der Waals surface area (Å²) in [5.41, 5.74) is 1.73. The van der Waals surface area contributed by atoms with Crippen LogP contribution in [0.4, 0.5) is 10.1 Å². The first kappa shape index (κ1) is 21.8. The predicted molar refractivity (Wildman–Crippen MR) is 125 cm³/mol. The van der Waals surface area contributed by atoms with E-state index in [0.29, 0.717) is 5.56 Å². The molecule has 7 nitrogen and oxygen atoms in total. The predicted octanol–water partition coefficient (Wildman–Crippen LogP) is 4.24. The third kappa shape index (κ3) is 4.44. The van der Waals surface area contributed by atoms with Crippen LogP contribution >= 0.6 is 0 Å². The molecule has 2 aromatic carbocycles. The Labute approximate surface area is 194 Å². The Morgan fingerprint density at radius 3 is 2.42 bits per heavy atom. The number of ether oxygens (including phenoxy) is 1. The van der Waals surface area contributed by atoms with Crippen LogP contribution in [0.15, 0.2) is 48.5 Å². The minimum absolute atomic E-state index is 0.215. The average molecular weight is 451 g/mol. The van der Waals surface area contributed by atoms with Gasteiger partial charge in [-0.3, -0.25) is 4.90 Å². The lowest BCUT2D eigenvalue weighted by molar-refractivity contribution is 0.190. The Morgan fingerprint density at radius 2 is 1.67 bits per heavy atom. The quantitative estimate of drug-likeness (QED) is 0.560. The highest BCUT2D eigenvalue weighted by Crippen LogP contribution is 2.35. The van der Waals surface area contributed by atoms with Gasteiger partial charge in [-0.15, -0.1) is 5.10 Å². The van der Waals surface area contributed by atoms with Crippen LogP contribution < -0.4 is 9.64 Å². The number of hydrogen-bond acceptors (Lipinski definition) is 6. The molecule has 1 saturated heterocycles. The number of hydrogen-bond donors (Lipinski definition) is 0. The van der Waals surface area contributed by atoms with E-state index in [1.165, 1.54) is 25.3 Å². The van der Waals surface area contributed by atoms with Crippen LogP contribution in [-0.4, -0.2) is 58.4 Å². The van der Waals surface area contributed by atoms with Crippen molar-refractivity contribution >= 4 is 5.69 Å². The van der Waals surface area contributed by atoms with Gasteiger partial charge < -0.3 is 9.64 Å². The van der Waals surface area contributed by atoms with Gasteiger partial charge in [0, 0.05) is 31.7 Å². The standard InChI is InChI=1S/C25H31FN6O/c1-33-23-14-8-7-13-22(23)30-15-17-31(18-16-30)24(20-11-5-6-12-21(20)26)25-27-28-29-32(25)19-9-3-2-4-10-19/h5-8,11-14,19,24H,2-4,9-10,15-18H2,1H3/t24-/m1/s1. The first-order valence-corrected chi connectivity index (χ1v) is 11.9. The largest absolute Gasteiger partial charge is 0.495 e. The molecule has 1 aliphatic carbocycles. The van der Waals surface area contributed by atoms with Gasteiger partial charge in [0.05, 0.1) is 18.8 Å². The Hall–Kier alpha value is -3.00. The molecule has 0 amide bonds. The van der Waals surface area contributed by atoms with E-state index in [1.54, 1.807) is 13.2 Å². The lowest BCUT2D eigenvalue weighted by atomic mass is 9.95. The van der Waals surface area contributed by atoms with E-state index >= 15 is 4.39 Å². The maximum absolute atomic E-state index is 15.1. The summed E-state index contributed by atoms with van der Waals surface area (Å²) in [6.07, 6.45) is 5.78. The zero-order valence-corrected chi connectivity index (χ0v) is 19.1. The lowest BCUT2D eigenvalue weighted by Crippen LogP contribution is -2.48. The normalized spacial score (nSPS) is 18.9. The first-order chi connectivity index (χ1) is 16.3. The second-order valence-electron chi connectivity index (χ2n) is 8.89. The Balaban J connectivity index is 1.44. The van der Waals surface area contributed by atoms with Crippen LogP contribution in [0.25, 0.3) is 0 Å². The minimum atomic E-state index is -0.317. The van der Waals surface area contributed by atoms with Gasteiger partial charge in [-0.2, -0.15) is 0 Å². The molecule has 8 heteroatoms. The van der Waals surface area contributed by atoms with Crippen LogP contribution in [0.2, 0.25) is 0 Å². The summed E-state index contributed by atoms with van der Waals surface area (Å²) in [5.74, 6) is 1.41. The molecule has 1 atom stereocenters. The van der Waals surface area contributed by atoms with E-state index in [-0.39, 0.29) is 17.9 Å². The molecule has 174 valence electrons. The minimum Gasteiger partial charge on any atom is -0.495 e. The van der Waals surface area contributed by atoms with Crippen molar-refractivity contribution in [3.05, 3.63) is 65.7 Å². The first-order valence-electron chi connectivity index (χ1n) is 11.9. The van der Waals surface area contributed by atoms with Gasteiger partial charge in [-0.25, -0.2) is 9.07 Å². The van der Waals surface area contributed by atoms with Crippen LogP contribution in [0.5, 0.6) is 5.75 Å². The number of methoxy groups -OCH3 is 1. The van der Waals surface area contributed by atoms with E-state index in [0.717, 1.165) is 56.3 Å². The van der Waals surface area contributed by atoms with Crippen molar-refractivity contribution in [3.8, 4) is 5.75 Å². The number of rotatable bonds is 6. The number of anilines is 1. The molecular formula is C25H31FN6O. The summed E-state index contributed by atoms with van der Waals surface area (Å²) in [7, 11) is 1.70. The molecule has 2 aliphatic rings. The zero-order chi connectivity index (χ0) is 22.6. The van der Waals surface area contributed by atoms with Crippen molar-refractivity contribution in [2.45, 2.75) is 44.2 Å². The number of para-hydroxylation sites is 2. The summed E-state index contributed by atoms with van der Waals surface area (Å²) < 4.78 is 22.6. The van der Waals surface area contributed by atoms with Crippen LogP contribution in [0.1, 0.15) is 55.6 Å². The summed E-state index contributed by atoms with van der Waals surface area (Å²) in [5, 5.41) is 12.9. The SMILES string of the molecule is COc1ccccc1N1CCN([C@H](c2ccccc2F)c2nnnn2C2CCCCC2)CC1. The number of benzene rings is 2. The van der Waals surface area contributed by atoms with Gasteiger partial charge in [0.1, 0.15) is 17.6 Å². The van der Waals surface area contributed by atoms with Gasteiger partial charge in [0.25, 0.3) is 0 Å². The second-order valence-corrected chi connectivity index (χ2v) is 8.89. The highest BCUT2D eigenvalue weighted by atomic mass is 19.1. The maximum atomic E-state index is 15.1. The molecule has 0 bridgehead atoms. The average Bonchev–Trinajstić information content (AvgIpc) is 3.36. The molecule has 1 saturated carbocycles. The van der Waals surface area contributed by atoms with E-state index in [4.69, 9.17) is 4.74 Å². The van der Waals surface area contributed by atoms with E-state index in [9.17, 15) is 0 Å². The van der Waals surface area contributed by atoms with Crippen molar-refractivity contribution in [3.63, 3.8) is 0 Å². The third-order valence-electron chi connectivity index (χ3n) is 6.99. The van der Waals surface area contributed by atoms with Crippen molar-refractivity contribution in [1.29, 1.82) is 0 Å². The van der Waals surface area contributed by atoms with Crippen LogP contribution in [-0.2, 0) is 0 Å². The fraction of sp³-hybridized carbons (Fsp3) is 0.480. The number of aromatic nitrogens is 4. The molecule has 0 spiro atoms. The Morgan fingerprint density at radius 1 is 0.939 bits per heavy atom. The van der Waals surface area contributed by atoms with Crippen molar-refractivity contribution < 1.29 is 9.13 Å². The van der Waals surface area contributed by atoms with Crippen LogP contribution in [0.3, 0.4) is 0 Å². The van der Waals surface area contributed by atoms with E-state index < -0.39 is 0 Å². The number of tetrazole rings is 1. The summed E-state index contributed by atoms with van der Waals surface area (Å²) >= 11 is 0. The number of nitrogens with zero attached hydrogens (tertiary/aromatic N) is 6.